The largest absolute Gasteiger partial charge is 0.393 e. The number of fused-ring (bicyclic) bond motifs is 5. The standard InChI is InChI=1S/C20H32N2O2/c1-18-8-6-13(23)10-12(18)4-5-14-15(18)7-9-19(2)16(14)11-17(24)20(19,21)22-3/h4-5,13,15-17,22-24H,6-11,21H2,1-3H3/t13?,15-,16+,17?,18+,19+,20?/m1/s1. The molecular weight excluding hydrogens is 300 g/mol. The molecule has 4 nitrogen and oxygen atoms in total. The number of nitrogens with two attached hydrogens (primary N) is 1. The van der Waals surface area contributed by atoms with Gasteiger partial charge in [-0.05, 0) is 62.8 Å². The molecule has 0 saturated heterocycles. The van der Waals surface area contributed by atoms with E-state index >= 15 is 0 Å². The summed E-state index contributed by atoms with van der Waals surface area (Å²) in [6, 6.07) is 0. The van der Waals surface area contributed by atoms with Gasteiger partial charge in [-0.1, -0.05) is 37.1 Å². The van der Waals surface area contributed by atoms with Crippen molar-refractivity contribution in [1.82, 2.24) is 5.32 Å². The van der Waals surface area contributed by atoms with Crippen LogP contribution in [0.15, 0.2) is 23.3 Å². The Morgan fingerprint density at radius 3 is 2.58 bits per heavy atom. The summed E-state index contributed by atoms with van der Waals surface area (Å²) in [4.78, 5) is 0. The number of hydrogen-bond donors (Lipinski definition) is 4. The highest BCUT2D eigenvalue weighted by atomic mass is 16.3. The van der Waals surface area contributed by atoms with Crippen LogP contribution in [0.25, 0.3) is 0 Å². The molecule has 134 valence electrons. The van der Waals surface area contributed by atoms with E-state index in [0.717, 1.165) is 38.5 Å². The minimum atomic E-state index is -0.711. The van der Waals surface area contributed by atoms with Crippen molar-refractivity contribution >= 4 is 0 Å². The average Bonchev–Trinajstić information content (AvgIpc) is 2.76. The van der Waals surface area contributed by atoms with Crippen molar-refractivity contribution in [3.8, 4) is 0 Å². The second-order valence-corrected chi connectivity index (χ2v) is 9.10. The Balaban J connectivity index is 1.76. The number of hydrogen-bond acceptors (Lipinski definition) is 4. The number of aliphatic hydroxyl groups is 2. The maximum atomic E-state index is 10.7. The second kappa shape index (κ2) is 5.16. The fraction of sp³-hybridized carbons (Fsp3) is 0.800. The summed E-state index contributed by atoms with van der Waals surface area (Å²) >= 11 is 0. The lowest BCUT2D eigenvalue weighted by molar-refractivity contribution is -0.00131. The summed E-state index contributed by atoms with van der Waals surface area (Å²) in [6.07, 6.45) is 9.57. The number of nitrogens with one attached hydrogen (secondary N) is 1. The quantitative estimate of drug-likeness (QED) is 0.554. The van der Waals surface area contributed by atoms with Gasteiger partial charge in [-0.3, -0.25) is 5.32 Å². The van der Waals surface area contributed by atoms with Crippen molar-refractivity contribution in [2.24, 2.45) is 28.4 Å². The predicted molar refractivity (Wildman–Crippen MR) is 95.1 cm³/mol. The molecule has 5 N–H and O–H groups in total. The number of aliphatic hydroxyl groups excluding tert-OH is 2. The van der Waals surface area contributed by atoms with Gasteiger partial charge in [-0.25, -0.2) is 0 Å². The zero-order valence-corrected chi connectivity index (χ0v) is 15.2. The van der Waals surface area contributed by atoms with Crippen molar-refractivity contribution < 1.29 is 10.2 Å². The second-order valence-electron chi connectivity index (χ2n) is 9.10. The Morgan fingerprint density at radius 1 is 1.12 bits per heavy atom. The molecule has 0 spiro atoms. The smallest absolute Gasteiger partial charge is 0.0987 e. The SMILES string of the molecule is CNC1(N)C(O)C[C@H]2C3=CC=C4CC(O)CC[C@]4(C)[C@@H]3CC[C@@]21C. The van der Waals surface area contributed by atoms with Crippen LogP contribution < -0.4 is 11.1 Å². The Bertz CT molecular complexity index is 615. The van der Waals surface area contributed by atoms with Gasteiger partial charge in [-0.2, -0.15) is 0 Å². The zero-order valence-electron chi connectivity index (χ0n) is 15.2. The highest BCUT2D eigenvalue weighted by molar-refractivity contribution is 5.40. The maximum absolute atomic E-state index is 10.7. The Kier molecular flexibility index (Phi) is 3.61. The molecule has 0 bridgehead atoms. The van der Waals surface area contributed by atoms with E-state index in [-0.39, 0.29) is 16.9 Å². The van der Waals surface area contributed by atoms with E-state index in [2.05, 4.69) is 31.3 Å². The van der Waals surface area contributed by atoms with E-state index in [1.807, 2.05) is 7.05 Å². The van der Waals surface area contributed by atoms with Crippen molar-refractivity contribution in [2.75, 3.05) is 7.05 Å². The molecule has 3 fully saturated rings. The number of rotatable bonds is 1. The van der Waals surface area contributed by atoms with Gasteiger partial charge in [0, 0.05) is 5.41 Å². The third-order valence-corrected chi connectivity index (χ3v) is 8.30. The van der Waals surface area contributed by atoms with Gasteiger partial charge in [0.2, 0.25) is 0 Å². The summed E-state index contributed by atoms with van der Waals surface area (Å²) in [5.41, 5.74) is 8.93. The monoisotopic (exact) mass is 332 g/mol. The predicted octanol–water partition coefficient (Wildman–Crippen LogP) is 2.08. The van der Waals surface area contributed by atoms with E-state index in [1.165, 1.54) is 11.1 Å². The molecule has 0 radical (unpaired) electrons. The molecule has 4 heteroatoms. The van der Waals surface area contributed by atoms with Gasteiger partial charge >= 0.3 is 0 Å². The summed E-state index contributed by atoms with van der Waals surface area (Å²) in [6.45, 7) is 4.65. The molecular formula is C20H32N2O2. The fourth-order valence-electron chi connectivity index (χ4n) is 6.52. The van der Waals surface area contributed by atoms with Crippen LogP contribution in [0.3, 0.4) is 0 Å². The maximum Gasteiger partial charge on any atom is 0.0987 e. The molecule has 0 aromatic carbocycles. The van der Waals surface area contributed by atoms with E-state index in [1.54, 1.807) is 0 Å². The third kappa shape index (κ3) is 1.89. The molecule has 0 aliphatic heterocycles. The van der Waals surface area contributed by atoms with Crippen molar-refractivity contribution in [3.63, 3.8) is 0 Å². The highest BCUT2D eigenvalue weighted by Crippen LogP contribution is 2.64. The first-order chi connectivity index (χ1) is 11.3. The first kappa shape index (κ1) is 16.8. The molecule has 3 unspecified atom stereocenters. The number of allylic oxidation sites excluding steroid dienone is 3. The Labute approximate surface area is 145 Å². The van der Waals surface area contributed by atoms with Crippen LogP contribution in [0.4, 0.5) is 0 Å². The molecule has 7 atom stereocenters. The molecule has 24 heavy (non-hydrogen) atoms. The normalized spacial score (nSPS) is 53.6. The van der Waals surface area contributed by atoms with Crippen LogP contribution >= 0.6 is 0 Å². The Hall–Kier alpha value is -0.680. The molecule has 0 aromatic heterocycles. The summed E-state index contributed by atoms with van der Waals surface area (Å²) in [7, 11) is 1.88. The van der Waals surface area contributed by atoms with Crippen LogP contribution in [0.1, 0.15) is 52.4 Å². The van der Waals surface area contributed by atoms with Crippen LogP contribution in [-0.2, 0) is 0 Å². The van der Waals surface area contributed by atoms with Crippen LogP contribution in [-0.4, -0.2) is 35.1 Å². The van der Waals surface area contributed by atoms with Gasteiger partial charge in [0.15, 0.2) is 0 Å². The first-order valence-corrected chi connectivity index (χ1v) is 9.51. The molecule has 0 amide bonds. The Morgan fingerprint density at radius 2 is 1.88 bits per heavy atom. The lowest BCUT2D eigenvalue weighted by Gasteiger charge is -2.56. The van der Waals surface area contributed by atoms with Gasteiger partial charge in [0.25, 0.3) is 0 Å². The zero-order chi connectivity index (χ0) is 17.3. The van der Waals surface area contributed by atoms with Crippen LogP contribution in [0, 0.1) is 22.7 Å². The molecule has 4 aliphatic carbocycles. The van der Waals surface area contributed by atoms with E-state index in [4.69, 9.17) is 5.73 Å². The topological polar surface area (TPSA) is 78.5 Å². The summed E-state index contributed by atoms with van der Waals surface area (Å²) in [5, 5.41) is 24.0. The lowest BCUT2D eigenvalue weighted by Crippen LogP contribution is -2.67. The van der Waals surface area contributed by atoms with E-state index in [0.29, 0.717) is 11.8 Å². The first-order valence-electron chi connectivity index (χ1n) is 9.51. The molecule has 0 aromatic rings. The van der Waals surface area contributed by atoms with Gasteiger partial charge in [0.05, 0.1) is 17.9 Å². The minimum absolute atomic E-state index is 0.112. The summed E-state index contributed by atoms with van der Waals surface area (Å²) in [5.74, 6) is 0.875. The third-order valence-electron chi connectivity index (χ3n) is 8.30. The highest BCUT2D eigenvalue weighted by Gasteiger charge is 2.64. The molecule has 0 heterocycles. The van der Waals surface area contributed by atoms with Crippen molar-refractivity contribution in [1.29, 1.82) is 0 Å². The van der Waals surface area contributed by atoms with Gasteiger partial charge in [0.1, 0.15) is 0 Å². The minimum Gasteiger partial charge on any atom is -0.393 e. The van der Waals surface area contributed by atoms with E-state index < -0.39 is 11.8 Å². The fourth-order valence-corrected chi connectivity index (χ4v) is 6.52. The van der Waals surface area contributed by atoms with Crippen LogP contribution in [0.2, 0.25) is 0 Å². The van der Waals surface area contributed by atoms with E-state index in [9.17, 15) is 10.2 Å². The van der Waals surface area contributed by atoms with Crippen molar-refractivity contribution in [3.05, 3.63) is 23.3 Å². The number of likely N-dealkylation sites (N-methyl/N-ethyl adjacent to an activating group) is 1. The van der Waals surface area contributed by atoms with Crippen molar-refractivity contribution in [2.45, 2.75) is 70.2 Å². The molecule has 4 aliphatic rings. The van der Waals surface area contributed by atoms with Gasteiger partial charge < -0.3 is 15.9 Å². The molecule has 4 rings (SSSR count). The van der Waals surface area contributed by atoms with Crippen LogP contribution in [0.5, 0.6) is 0 Å². The summed E-state index contributed by atoms with van der Waals surface area (Å²) < 4.78 is 0. The lowest BCUT2D eigenvalue weighted by atomic mass is 9.50. The average molecular weight is 332 g/mol. The van der Waals surface area contributed by atoms with Gasteiger partial charge in [-0.15, -0.1) is 0 Å². The molecule has 3 saturated carbocycles.